The molecule has 0 atom stereocenters. The van der Waals surface area contributed by atoms with Gasteiger partial charge in [0.05, 0.1) is 27.8 Å². The van der Waals surface area contributed by atoms with Crippen LogP contribution in [0.5, 0.6) is 0 Å². The van der Waals surface area contributed by atoms with Crippen LogP contribution >= 0.6 is 0 Å². The maximum absolute atomic E-state index is 5.84. The van der Waals surface area contributed by atoms with Gasteiger partial charge >= 0.3 is 0 Å². The zero-order valence-electron chi connectivity index (χ0n) is 40.5. The zero-order chi connectivity index (χ0) is 48.7. The molecule has 2 aromatic heterocycles. The topological polar surface area (TPSA) is 17.8 Å². The van der Waals surface area contributed by atoms with E-state index in [1.165, 1.54) is 87.5 Å². The molecule has 74 heavy (non-hydrogen) atoms. The van der Waals surface area contributed by atoms with E-state index >= 15 is 0 Å². The van der Waals surface area contributed by atoms with Gasteiger partial charge in [0.25, 0.3) is 0 Å². The molecule has 344 valence electrons. The van der Waals surface area contributed by atoms with Gasteiger partial charge in [-0.3, -0.25) is 0 Å². The Bertz CT molecular complexity index is 4400. The fraction of sp³-hybridized carbons (Fsp3) is 0.0139. The highest BCUT2D eigenvalue weighted by Gasteiger charge is 2.46. The molecule has 0 saturated carbocycles. The number of nitrogens with zero attached hydrogens (tertiary/aromatic N) is 2. The Kier molecular flexibility index (Phi) is 9.52. The Morgan fingerprint density at radius 3 is 1.39 bits per heavy atom. The lowest BCUT2D eigenvalue weighted by molar-refractivity contribution is 0.768. The first-order chi connectivity index (χ1) is 36.7. The Hall–Kier alpha value is -9.63. The third kappa shape index (κ3) is 6.35. The number of benzene rings is 12. The molecule has 0 radical (unpaired) electrons. The smallest absolute Gasteiger partial charge is 0.0722 e. The van der Waals surface area contributed by atoms with Crippen molar-refractivity contribution in [2.24, 2.45) is 0 Å². The van der Waals surface area contributed by atoms with E-state index in [-0.39, 0.29) is 0 Å². The average Bonchev–Trinajstić information content (AvgIpc) is 4.05. The molecule has 2 nitrogen and oxygen atoms in total. The minimum atomic E-state index is -0.534. The molecular formula is C72H46N2. The lowest BCUT2D eigenvalue weighted by atomic mass is 9.67. The monoisotopic (exact) mass is 938 g/mol. The van der Waals surface area contributed by atoms with E-state index in [1.54, 1.807) is 0 Å². The summed E-state index contributed by atoms with van der Waals surface area (Å²) in [6, 6.07) is 103. The van der Waals surface area contributed by atoms with Crippen LogP contribution in [0.3, 0.4) is 0 Å². The van der Waals surface area contributed by atoms with Crippen LogP contribution in [0.25, 0.3) is 116 Å². The van der Waals surface area contributed by atoms with Crippen molar-refractivity contribution in [2.45, 2.75) is 5.41 Å². The fourth-order valence-corrected chi connectivity index (χ4v) is 12.7. The molecule has 0 N–H and O–H groups in total. The van der Waals surface area contributed by atoms with Crippen molar-refractivity contribution < 1.29 is 0 Å². The number of hydrogen-bond donors (Lipinski definition) is 0. The van der Waals surface area contributed by atoms with Crippen molar-refractivity contribution in [1.29, 1.82) is 0 Å². The van der Waals surface area contributed by atoms with Crippen molar-refractivity contribution in [3.8, 4) is 61.6 Å². The zero-order valence-corrected chi connectivity index (χ0v) is 40.5. The molecule has 0 aliphatic heterocycles. The van der Waals surface area contributed by atoms with Crippen LogP contribution in [-0.4, -0.2) is 9.55 Å². The predicted octanol–water partition coefficient (Wildman–Crippen LogP) is 18.7. The molecule has 0 fully saturated rings. The summed E-state index contributed by atoms with van der Waals surface area (Å²) in [6.45, 7) is 0. The largest absolute Gasteiger partial charge is 0.309 e. The molecular weight excluding hydrogens is 893 g/mol. The van der Waals surface area contributed by atoms with E-state index in [1.807, 2.05) is 0 Å². The molecule has 14 aromatic rings. The SMILES string of the molecule is c1ccc(-c2cc(-c3cc(-c4ccc5c6ccccc6c6ccccc6c5c4)cc(-n4c5ccccc5c5ccccc54)c3)nc(-c3cccc4c3-c3ccccc3C4(c3ccccc3)c3ccccc3)c2)cc1. The van der Waals surface area contributed by atoms with E-state index < -0.39 is 5.41 Å². The van der Waals surface area contributed by atoms with Crippen molar-refractivity contribution in [1.82, 2.24) is 9.55 Å². The van der Waals surface area contributed by atoms with Gasteiger partial charge in [-0.05, 0) is 136 Å². The third-order valence-electron chi connectivity index (χ3n) is 15.8. The molecule has 0 unspecified atom stereocenters. The number of pyridine rings is 1. The molecule has 0 saturated heterocycles. The maximum atomic E-state index is 5.84. The summed E-state index contributed by atoms with van der Waals surface area (Å²) in [6.07, 6.45) is 0. The maximum Gasteiger partial charge on any atom is 0.0722 e. The average molecular weight is 939 g/mol. The fourth-order valence-electron chi connectivity index (χ4n) is 12.7. The summed E-state index contributed by atoms with van der Waals surface area (Å²) in [5, 5.41) is 10.0. The molecule has 0 amide bonds. The van der Waals surface area contributed by atoms with Gasteiger partial charge in [0.1, 0.15) is 0 Å². The lowest BCUT2D eigenvalue weighted by Gasteiger charge is -2.33. The number of fused-ring (bicyclic) bond motifs is 12. The van der Waals surface area contributed by atoms with E-state index in [2.05, 4.69) is 284 Å². The Labute approximate surface area is 429 Å². The molecule has 2 heterocycles. The van der Waals surface area contributed by atoms with Crippen LogP contribution in [0, 0.1) is 0 Å². The second-order valence-corrected chi connectivity index (χ2v) is 19.7. The van der Waals surface area contributed by atoms with E-state index in [4.69, 9.17) is 4.98 Å². The predicted molar refractivity (Wildman–Crippen MR) is 310 cm³/mol. The van der Waals surface area contributed by atoms with Gasteiger partial charge in [0, 0.05) is 27.6 Å². The minimum Gasteiger partial charge on any atom is -0.309 e. The minimum absolute atomic E-state index is 0.534. The van der Waals surface area contributed by atoms with Gasteiger partial charge in [-0.25, -0.2) is 4.98 Å². The summed E-state index contributed by atoms with van der Waals surface area (Å²) in [5.74, 6) is 0. The molecule has 0 spiro atoms. The first-order valence-corrected chi connectivity index (χ1v) is 25.6. The van der Waals surface area contributed by atoms with Crippen LogP contribution in [0.2, 0.25) is 0 Å². The molecule has 2 heteroatoms. The van der Waals surface area contributed by atoms with Gasteiger partial charge in [-0.1, -0.05) is 231 Å². The van der Waals surface area contributed by atoms with Crippen molar-refractivity contribution in [3.05, 3.63) is 301 Å². The van der Waals surface area contributed by atoms with Gasteiger partial charge in [0.15, 0.2) is 0 Å². The summed E-state index contributed by atoms with van der Waals surface area (Å²) in [5.41, 5.74) is 18.8. The van der Waals surface area contributed by atoms with Gasteiger partial charge in [0.2, 0.25) is 0 Å². The summed E-state index contributed by atoms with van der Waals surface area (Å²) in [7, 11) is 0. The summed E-state index contributed by atoms with van der Waals surface area (Å²) < 4.78 is 2.44. The van der Waals surface area contributed by atoms with Crippen molar-refractivity contribution in [3.63, 3.8) is 0 Å². The number of aromatic nitrogens is 2. The Balaban J connectivity index is 1.01. The van der Waals surface area contributed by atoms with E-state index in [0.717, 1.165) is 50.5 Å². The Morgan fingerprint density at radius 1 is 0.270 bits per heavy atom. The van der Waals surface area contributed by atoms with E-state index in [0.29, 0.717) is 0 Å². The number of hydrogen-bond acceptors (Lipinski definition) is 1. The van der Waals surface area contributed by atoms with Crippen molar-refractivity contribution >= 4 is 54.1 Å². The molecule has 15 rings (SSSR count). The van der Waals surface area contributed by atoms with Crippen molar-refractivity contribution in [2.75, 3.05) is 0 Å². The van der Waals surface area contributed by atoms with Gasteiger partial charge in [-0.2, -0.15) is 0 Å². The second-order valence-electron chi connectivity index (χ2n) is 19.7. The van der Waals surface area contributed by atoms with Crippen LogP contribution in [-0.2, 0) is 5.41 Å². The highest BCUT2D eigenvalue weighted by molar-refractivity contribution is 6.25. The molecule has 1 aliphatic carbocycles. The second kappa shape index (κ2) is 16.7. The Morgan fingerprint density at radius 2 is 0.743 bits per heavy atom. The van der Waals surface area contributed by atoms with Crippen LogP contribution < -0.4 is 0 Å². The summed E-state index contributed by atoms with van der Waals surface area (Å²) >= 11 is 0. The van der Waals surface area contributed by atoms with Gasteiger partial charge < -0.3 is 4.57 Å². The van der Waals surface area contributed by atoms with E-state index in [9.17, 15) is 0 Å². The normalized spacial score (nSPS) is 12.7. The highest BCUT2D eigenvalue weighted by Crippen LogP contribution is 2.58. The number of rotatable bonds is 7. The van der Waals surface area contributed by atoms with Gasteiger partial charge in [-0.15, -0.1) is 0 Å². The number of para-hydroxylation sites is 2. The quantitative estimate of drug-likeness (QED) is 0.146. The van der Waals surface area contributed by atoms with Crippen LogP contribution in [0.15, 0.2) is 279 Å². The lowest BCUT2D eigenvalue weighted by Crippen LogP contribution is -2.28. The molecule has 12 aromatic carbocycles. The standard InChI is InChI=1S/C72H46N2/c1-4-21-47(22-5-1)50-45-67(73-68(46-50)63-34-20-36-66-71(63)62-33-14-17-35-65(62)72(66,52-23-6-2-7-24-52)53-25-8-3-9-26-53)51-41-49(42-54(43-51)74-69-37-18-15-31-60(69)61-32-16-19-38-70(61)74)48-39-40-59-57-29-11-10-27-55(57)56-28-12-13-30-58(56)64(59)44-48/h1-46H. The first kappa shape index (κ1) is 42.1. The first-order valence-electron chi connectivity index (χ1n) is 25.6. The third-order valence-corrected chi connectivity index (χ3v) is 15.8. The molecule has 1 aliphatic rings. The summed E-state index contributed by atoms with van der Waals surface area (Å²) in [4.78, 5) is 5.84. The molecule has 0 bridgehead atoms. The highest BCUT2D eigenvalue weighted by atomic mass is 15.0. The van der Waals surface area contributed by atoms with Crippen LogP contribution in [0.1, 0.15) is 22.3 Å². The van der Waals surface area contributed by atoms with Crippen LogP contribution in [0.4, 0.5) is 0 Å².